The number of nitrogens with one attached hydrogen (secondary N) is 1. The van der Waals surface area contributed by atoms with Crippen LogP contribution in [0.25, 0.3) is 11.4 Å². The van der Waals surface area contributed by atoms with Crippen LogP contribution in [0.5, 0.6) is 0 Å². The number of rotatable bonds is 3. The van der Waals surface area contributed by atoms with Crippen LogP contribution in [0.2, 0.25) is 0 Å². The van der Waals surface area contributed by atoms with Crippen molar-refractivity contribution in [2.24, 2.45) is 5.73 Å². The largest absolute Gasteiger partial charge is 0.334 e. The molecule has 24 heavy (non-hydrogen) atoms. The number of nitrogens with zero attached hydrogens (tertiary/aromatic N) is 2. The maximum atomic E-state index is 12.8. The van der Waals surface area contributed by atoms with Crippen LogP contribution in [0.15, 0.2) is 41.3 Å². The van der Waals surface area contributed by atoms with E-state index in [9.17, 15) is 9.59 Å². The number of carbonyl (C=O) groups is 1. The standard InChI is InChI=1S/C18H22N4O2/c1-12(19)16-7-3-5-11-22(16)18(24)13-8-9-15(21-17(13)23)14-6-2-4-10-20-14/h2,4,6,8-10,12,16H,3,5,7,11,19H2,1H3,(H,21,23). The SMILES string of the molecule is CC(N)C1CCCCN1C(=O)c1ccc(-c2ccccn2)[nH]c1=O. The number of aromatic amines is 1. The molecule has 0 radical (unpaired) electrons. The Morgan fingerprint density at radius 2 is 2.17 bits per heavy atom. The number of piperidine rings is 1. The average Bonchev–Trinajstić information content (AvgIpc) is 2.62. The fourth-order valence-electron chi connectivity index (χ4n) is 3.22. The highest BCUT2D eigenvalue weighted by molar-refractivity contribution is 5.94. The van der Waals surface area contributed by atoms with E-state index in [4.69, 9.17) is 5.73 Å². The molecule has 1 fully saturated rings. The molecule has 0 saturated carbocycles. The number of nitrogens with two attached hydrogens (primary N) is 1. The predicted molar refractivity (Wildman–Crippen MR) is 92.6 cm³/mol. The molecule has 1 aliphatic heterocycles. The predicted octanol–water partition coefficient (Wildman–Crippen LogP) is 1.78. The molecular formula is C18H22N4O2. The monoisotopic (exact) mass is 326 g/mol. The lowest BCUT2D eigenvalue weighted by molar-refractivity contribution is 0.0582. The second-order valence-corrected chi connectivity index (χ2v) is 6.25. The van der Waals surface area contributed by atoms with Gasteiger partial charge in [-0.1, -0.05) is 6.07 Å². The number of hydrogen-bond donors (Lipinski definition) is 2. The van der Waals surface area contributed by atoms with Crippen LogP contribution in [0.1, 0.15) is 36.5 Å². The topological polar surface area (TPSA) is 92.1 Å². The molecule has 2 aromatic heterocycles. The first-order valence-corrected chi connectivity index (χ1v) is 8.29. The number of hydrogen-bond acceptors (Lipinski definition) is 4. The Kier molecular flexibility index (Phi) is 4.76. The highest BCUT2D eigenvalue weighted by atomic mass is 16.2. The van der Waals surface area contributed by atoms with E-state index >= 15 is 0 Å². The van der Waals surface area contributed by atoms with Crippen LogP contribution in [-0.4, -0.2) is 39.4 Å². The molecule has 1 amide bonds. The molecule has 0 spiro atoms. The van der Waals surface area contributed by atoms with Crippen molar-refractivity contribution in [2.75, 3.05) is 6.54 Å². The Hall–Kier alpha value is -2.47. The zero-order chi connectivity index (χ0) is 17.1. The van der Waals surface area contributed by atoms with Crippen molar-refractivity contribution in [1.29, 1.82) is 0 Å². The first kappa shape index (κ1) is 16.4. The Balaban J connectivity index is 1.89. The van der Waals surface area contributed by atoms with Gasteiger partial charge in [0.25, 0.3) is 11.5 Å². The fourth-order valence-corrected chi connectivity index (χ4v) is 3.22. The van der Waals surface area contributed by atoms with E-state index < -0.39 is 5.56 Å². The summed E-state index contributed by atoms with van der Waals surface area (Å²) >= 11 is 0. The van der Waals surface area contributed by atoms with E-state index in [1.807, 2.05) is 25.1 Å². The summed E-state index contributed by atoms with van der Waals surface area (Å²) < 4.78 is 0. The third-order valence-corrected chi connectivity index (χ3v) is 4.50. The molecule has 0 aromatic carbocycles. The average molecular weight is 326 g/mol. The molecule has 6 heteroatoms. The summed E-state index contributed by atoms with van der Waals surface area (Å²) in [5.41, 5.74) is 7.05. The Bertz CT molecular complexity index is 770. The summed E-state index contributed by atoms with van der Waals surface area (Å²) in [6, 6.07) is 8.65. The van der Waals surface area contributed by atoms with Crippen molar-refractivity contribution in [3.8, 4) is 11.4 Å². The fraction of sp³-hybridized carbons (Fsp3) is 0.389. The second-order valence-electron chi connectivity index (χ2n) is 6.25. The molecule has 2 unspecified atom stereocenters. The third-order valence-electron chi connectivity index (χ3n) is 4.50. The van der Waals surface area contributed by atoms with Crippen molar-refractivity contribution in [3.63, 3.8) is 0 Å². The lowest BCUT2D eigenvalue weighted by Gasteiger charge is -2.37. The number of amides is 1. The van der Waals surface area contributed by atoms with Crippen molar-refractivity contribution < 1.29 is 4.79 Å². The lowest BCUT2D eigenvalue weighted by Crippen LogP contribution is -2.52. The maximum absolute atomic E-state index is 12.8. The van der Waals surface area contributed by atoms with Crippen molar-refractivity contribution in [1.82, 2.24) is 14.9 Å². The second kappa shape index (κ2) is 6.97. The summed E-state index contributed by atoms with van der Waals surface area (Å²) in [6.45, 7) is 2.55. The number of likely N-dealkylation sites (tertiary alicyclic amines) is 1. The Morgan fingerprint density at radius 3 is 2.83 bits per heavy atom. The minimum absolute atomic E-state index is 0.0129. The molecular weight excluding hydrogens is 304 g/mol. The first-order valence-electron chi connectivity index (χ1n) is 8.29. The van der Waals surface area contributed by atoms with Gasteiger partial charge in [-0.15, -0.1) is 0 Å². The smallest absolute Gasteiger partial charge is 0.261 e. The van der Waals surface area contributed by atoms with Gasteiger partial charge in [-0.05, 0) is 50.5 Å². The summed E-state index contributed by atoms with van der Waals surface area (Å²) in [5.74, 6) is -0.245. The maximum Gasteiger partial charge on any atom is 0.261 e. The van der Waals surface area contributed by atoms with Crippen molar-refractivity contribution in [3.05, 3.63) is 52.4 Å². The Labute approximate surface area is 140 Å². The van der Waals surface area contributed by atoms with Crippen LogP contribution >= 0.6 is 0 Å². The number of H-pyrrole nitrogens is 1. The van der Waals surface area contributed by atoms with Crippen molar-refractivity contribution >= 4 is 5.91 Å². The van der Waals surface area contributed by atoms with E-state index in [1.54, 1.807) is 23.2 Å². The van der Waals surface area contributed by atoms with Crippen LogP contribution in [0.3, 0.4) is 0 Å². The van der Waals surface area contributed by atoms with Gasteiger partial charge in [0, 0.05) is 24.8 Å². The minimum atomic E-state index is -0.392. The molecule has 6 nitrogen and oxygen atoms in total. The molecule has 1 aliphatic rings. The third kappa shape index (κ3) is 3.23. The summed E-state index contributed by atoms with van der Waals surface area (Å²) in [4.78, 5) is 33.9. The number of pyridine rings is 2. The van der Waals surface area contributed by atoms with Gasteiger partial charge in [-0.2, -0.15) is 0 Å². The molecule has 2 atom stereocenters. The van der Waals surface area contributed by atoms with Crippen LogP contribution in [0.4, 0.5) is 0 Å². The first-order chi connectivity index (χ1) is 11.6. The molecule has 126 valence electrons. The zero-order valence-corrected chi connectivity index (χ0v) is 13.7. The number of aromatic nitrogens is 2. The highest BCUT2D eigenvalue weighted by Gasteiger charge is 2.30. The van der Waals surface area contributed by atoms with Gasteiger partial charge in [0.15, 0.2) is 0 Å². The van der Waals surface area contributed by atoms with E-state index in [-0.39, 0.29) is 23.6 Å². The van der Waals surface area contributed by atoms with E-state index in [0.29, 0.717) is 17.9 Å². The normalized spacial score (nSPS) is 19.1. The van der Waals surface area contributed by atoms with Gasteiger partial charge >= 0.3 is 0 Å². The number of carbonyl (C=O) groups excluding carboxylic acids is 1. The van der Waals surface area contributed by atoms with Gasteiger partial charge in [-0.3, -0.25) is 14.6 Å². The lowest BCUT2D eigenvalue weighted by atomic mass is 9.96. The quantitative estimate of drug-likeness (QED) is 0.899. The minimum Gasteiger partial charge on any atom is -0.334 e. The van der Waals surface area contributed by atoms with Gasteiger partial charge in [0.1, 0.15) is 5.56 Å². The molecule has 1 saturated heterocycles. The highest BCUT2D eigenvalue weighted by Crippen LogP contribution is 2.21. The molecule has 3 rings (SSSR count). The van der Waals surface area contributed by atoms with E-state index in [1.165, 1.54) is 0 Å². The zero-order valence-electron chi connectivity index (χ0n) is 13.7. The molecule has 3 heterocycles. The van der Waals surface area contributed by atoms with Crippen LogP contribution in [-0.2, 0) is 0 Å². The van der Waals surface area contributed by atoms with Crippen molar-refractivity contribution in [2.45, 2.75) is 38.3 Å². The van der Waals surface area contributed by atoms with Gasteiger partial charge in [0.05, 0.1) is 11.4 Å². The van der Waals surface area contributed by atoms with E-state index in [0.717, 1.165) is 19.3 Å². The molecule has 0 aliphatic carbocycles. The summed E-state index contributed by atoms with van der Waals surface area (Å²) in [7, 11) is 0. The summed E-state index contributed by atoms with van der Waals surface area (Å²) in [5, 5.41) is 0. The molecule has 0 bridgehead atoms. The molecule has 3 N–H and O–H groups in total. The van der Waals surface area contributed by atoms with Gasteiger partial charge in [0.2, 0.25) is 0 Å². The summed E-state index contributed by atoms with van der Waals surface area (Å²) in [6.07, 6.45) is 4.55. The van der Waals surface area contributed by atoms with Gasteiger partial charge in [-0.25, -0.2) is 0 Å². The van der Waals surface area contributed by atoms with Crippen LogP contribution < -0.4 is 11.3 Å². The van der Waals surface area contributed by atoms with Gasteiger partial charge < -0.3 is 15.6 Å². The van der Waals surface area contributed by atoms with E-state index in [2.05, 4.69) is 9.97 Å². The Morgan fingerprint density at radius 1 is 1.33 bits per heavy atom. The van der Waals surface area contributed by atoms with Crippen LogP contribution in [0, 0.1) is 0 Å². The molecule has 2 aromatic rings.